The normalized spacial score (nSPS) is 11.5. The van der Waals surface area contributed by atoms with Gasteiger partial charge in [-0.05, 0) is 66.9 Å². The fraction of sp³-hybridized carbons (Fsp3) is 0.167. The van der Waals surface area contributed by atoms with Crippen LogP contribution in [-0.2, 0) is 16.3 Å². The van der Waals surface area contributed by atoms with Gasteiger partial charge in [0.25, 0.3) is 0 Å². The van der Waals surface area contributed by atoms with Crippen LogP contribution in [0.4, 0.5) is 0 Å². The SMILES string of the molecule is COc1cc(C)cc(S(=O)(=O)c2ccc(CCC(=O)c3ccc4nccn4c3)cc2)c1. The van der Waals surface area contributed by atoms with E-state index in [0.29, 0.717) is 24.2 Å². The van der Waals surface area contributed by atoms with Crippen LogP contribution in [0.3, 0.4) is 0 Å². The van der Waals surface area contributed by atoms with Crippen molar-refractivity contribution >= 4 is 21.3 Å². The molecule has 0 atom stereocenters. The van der Waals surface area contributed by atoms with Crippen molar-refractivity contribution in [2.24, 2.45) is 0 Å². The van der Waals surface area contributed by atoms with Crippen LogP contribution >= 0.6 is 0 Å². The van der Waals surface area contributed by atoms with Gasteiger partial charge in [-0.3, -0.25) is 4.79 Å². The number of carbonyl (C=O) groups excluding carboxylic acids is 1. The van der Waals surface area contributed by atoms with E-state index in [-0.39, 0.29) is 15.6 Å². The second-order valence-electron chi connectivity index (χ2n) is 7.37. The second-order valence-corrected chi connectivity index (χ2v) is 9.32. The van der Waals surface area contributed by atoms with Crippen LogP contribution < -0.4 is 4.74 Å². The number of ether oxygens (including phenoxy) is 1. The van der Waals surface area contributed by atoms with E-state index >= 15 is 0 Å². The molecule has 4 aromatic rings. The molecular formula is C24H22N2O4S. The molecule has 0 aliphatic heterocycles. The second kappa shape index (κ2) is 8.35. The molecule has 0 spiro atoms. The summed E-state index contributed by atoms with van der Waals surface area (Å²) in [5.74, 6) is 0.529. The predicted molar refractivity (Wildman–Crippen MR) is 117 cm³/mol. The van der Waals surface area contributed by atoms with Crippen LogP contribution in [0.15, 0.2) is 83.0 Å². The Morgan fingerprint density at radius 3 is 2.55 bits per heavy atom. The smallest absolute Gasteiger partial charge is 0.206 e. The summed E-state index contributed by atoms with van der Waals surface area (Å²) < 4.78 is 33.0. The van der Waals surface area contributed by atoms with Crippen molar-refractivity contribution in [2.45, 2.75) is 29.6 Å². The van der Waals surface area contributed by atoms with Crippen molar-refractivity contribution in [1.29, 1.82) is 0 Å². The molecule has 0 radical (unpaired) electrons. The number of methoxy groups -OCH3 is 1. The quantitative estimate of drug-likeness (QED) is 0.405. The number of aromatic nitrogens is 2. The topological polar surface area (TPSA) is 77.7 Å². The van der Waals surface area contributed by atoms with Crippen molar-refractivity contribution in [3.63, 3.8) is 0 Å². The fourth-order valence-corrected chi connectivity index (χ4v) is 4.82. The average molecular weight is 435 g/mol. The lowest BCUT2D eigenvalue weighted by molar-refractivity contribution is 0.0982. The summed E-state index contributed by atoms with van der Waals surface area (Å²) in [6.07, 6.45) is 6.12. The number of fused-ring (bicyclic) bond motifs is 1. The summed E-state index contributed by atoms with van der Waals surface area (Å²) in [6, 6.07) is 15.2. The van der Waals surface area contributed by atoms with Gasteiger partial charge in [-0.2, -0.15) is 0 Å². The number of ketones is 1. The Labute approximate surface area is 181 Å². The molecule has 7 heteroatoms. The van der Waals surface area contributed by atoms with Crippen molar-refractivity contribution in [1.82, 2.24) is 9.38 Å². The molecule has 0 saturated heterocycles. The first-order valence-electron chi connectivity index (χ1n) is 9.82. The minimum Gasteiger partial charge on any atom is -0.497 e. The zero-order valence-corrected chi connectivity index (χ0v) is 18.1. The molecule has 2 aromatic carbocycles. The van der Waals surface area contributed by atoms with Gasteiger partial charge in [-0.1, -0.05) is 12.1 Å². The molecule has 31 heavy (non-hydrogen) atoms. The third kappa shape index (κ3) is 4.36. The summed E-state index contributed by atoms with van der Waals surface area (Å²) in [5.41, 5.74) is 3.12. The molecule has 158 valence electrons. The highest BCUT2D eigenvalue weighted by molar-refractivity contribution is 7.91. The number of carbonyl (C=O) groups is 1. The Bertz CT molecular complexity index is 1360. The van der Waals surface area contributed by atoms with Gasteiger partial charge in [0.05, 0.1) is 16.9 Å². The van der Waals surface area contributed by atoms with Crippen molar-refractivity contribution in [2.75, 3.05) is 7.11 Å². The summed E-state index contributed by atoms with van der Waals surface area (Å²) in [6.45, 7) is 1.83. The fourth-order valence-electron chi connectivity index (χ4n) is 3.45. The van der Waals surface area contributed by atoms with Crippen molar-refractivity contribution in [3.05, 3.63) is 89.9 Å². The van der Waals surface area contributed by atoms with E-state index < -0.39 is 9.84 Å². The number of hydrogen-bond donors (Lipinski definition) is 0. The summed E-state index contributed by atoms with van der Waals surface area (Å²) in [5, 5.41) is 0. The lowest BCUT2D eigenvalue weighted by atomic mass is 10.0. The first-order chi connectivity index (χ1) is 14.9. The Kier molecular flexibility index (Phi) is 5.61. The van der Waals surface area contributed by atoms with Gasteiger partial charge < -0.3 is 9.14 Å². The highest BCUT2D eigenvalue weighted by Crippen LogP contribution is 2.26. The van der Waals surface area contributed by atoms with Gasteiger partial charge in [0.1, 0.15) is 11.4 Å². The highest BCUT2D eigenvalue weighted by atomic mass is 32.2. The van der Waals surface area contributed by atoms with E-state index in [2.05, 4.69) is 4.98 Å². The maximum absolute atomic E-state index is 13.0. The number of benzene rings is 2. The Hall–Kier alpha value is -3.45. The zero-order valence-electron chi connectivity index (χ0n) is 17.3. The van der Waals surface area contributed by atoms with Gasteiger partial charge in [0.15, 0.2) is 5.78 Å². The molecule has 0 amide bonds. The van der Waals surface area contributed by atoms with Gasteiger partial charge in [-0.15, -0.1) is 0 Å². The first kappa shape index (κ1) is 20.8. The molecule has 0 aliphatic carbocycles. The lowest BCUT2D eigenvalue weighted by Gasteiger charge is -2.09. The minimum atomic E-state index is -3.66. The molecule has 0 unspecified atom stereocenters. The minimum absolute atomic E-state index is 0.0270. The van der Waals surface area contributed by atoms with Gasteiger partial charge >= 0.3 is 0 Å². The average Bonchev–Trinajstić information content (AvgIpc) is 3.25. The lowest BCUT2D eigenvalue weighted by Crippen LogP contribution is -2.04. The van der Waals surface area contributed by atoms with E-state index in [1.54, 1.807) is 61.1 Å². The van der Waals surface area contributed by atoms with E-state index in [9.17, 15) is 13.2 Å². The van der Waals surface area contributed by atoms with E-state index in [1.807, 2.05) is 17.4 Å². The summed E-state index contributed by atoms with van der Waals surface area (Å²) in [7, 11) is -2.15. The monoisotopic (exact) mass is 434 g/mol. The van der Waals surface area contributed by atoms with E-state index in [1.165, 1.54) is 13.2 Å². The third-order valence-corrected chi connectivity index (χ3v) is 6.90. The number of sulfone groups is 1. The number of imidazole rings is 1. The van der Waals surface area contributed by atoms with Gasteiger partial charge in [-0.25, -0.2) is 13.4 Å². The van der Waals surface area contributed by atoms with Crippen LogP contribution in [0.25, 0.3) is 5.65 Å². The van der Waals surface area contributed by atoms with Crippen LogP contribution in [-0.4, -0.2) is 30.7 Å². The molecule has 0 fully saturated rings. The Balaban J connectivity index is 1.47. The molecule has 2 heterocycles. The number of nitrogens with zero attached hydrogens (tertiary/aromatic N) is 2. The molecular weight excluding hydrogens is 412 g/mol. The number of aryl methyl sites for hydroxylation is 2. The standard InChI is InChI=1S/C24H22N2O4S/c1-17-13-20(30-2)15-22(14-17)31(28,29)21-7-3-18(4-8-21)5-9-23(27)19-6-10-24-25-11-12-26(24)16-19/h3-4,6-8,10-16H,5,9H2,1-2H3. The predicted octanol–water partition coefficient (Wildman–Crippen LogP) is 4.30. The molecule has 2 aromatic heterocycles. The van der Waals surface area contributed by atoms with Crippen molar-refractivity contribution < 1.29 is 17.9 Å². The molecule has 0 aliphatic rings. The molecule has 4 rings (SSSR count). The maximum Gasteiger partial charge on any atom is 0.206 e. The molecule has 0 saturated carbocycles. The number of rotatable bonds is 7. The molecule has 0 bridgehead atoms. The maximum atomic E-state index is 13.0. The zero-order chi connectivity index (χ0) is 22.0. The number of Topliss-reactive ketones (excluding diaryl/α,β-unsaturated/α-hetero) is 1. The number of hydrogen-bond acceptors (Lipinski definition) is 5. The van der Waals surface area contributed by atoms with Crippen molar-refractivity contribution in [3.8, 4) is 5.75 Å². The van der Waals surface area contributed by atoms with Gasteiger partial charge in [0.2, 0.25) is 9.84 Å². The number of pyridine rings is 1. The van der Waals surface area contributed by atoms with Crippen LogP contribution in [0.1, 0.15) is 27.9 Å². The Morgan fingerprint density at radius 2 is 1.81 bits per heavy atom. The van der Waals surface area contributed by atoms with E-state index in [4.69, 9.17) is 4.74 Å². The van der Waals surface area contributed by atoms with Gasteiger partial charge in [0, 0.05) is 30.6 Å². The highest BCUT2D eigenvalue weighted by Gasteiger charge is 2.19. The Morgan fingerprint density at radius 1 is 1.03 bits per heavy atom. The van der Waals surface area contributed by atoms with Crippen LogP contribution in [0.5, 0.6) is 5.75 Å². The molecule has 6 nitrogen and oxygen atoms in total. The largest absolute Gasteiger partial charge is 0.497 e. The summed E-state index contributed by atoms with van der Waals surface area (Å²) in [4.78, 5) is 17.1. The van der Waals surface area contributed by atoms with E-state index in [0.717, 1.165) is 16.8 Å². The van der Waals surface area contributed by atoms with Crippen LogP contribution in [0.2, 0.25) is 0 Å². The third-order valence-electron chi connectivity index (χ3n) is 5.16. The molecule has 0 N–H and O–H groups in total. The first-order valence-corrected chi connectivity index (χ1v) is 11.3. The van der Waals surface area contributed by atoms with Crippen LogP contribution in [0, 0.1) is 6.92 Å². The summed E-state index contributed by atoms with van der Waals surface area (Å²) >= 11 is 0.